The van der Waals surface area contributed by atoms with E-state index in [1.165, 1.54) is 18.2 Å². The van der Waals surface area contributed by atoms with Crippen molar-refractivity contribution in [1.82, 2.24) is 15.2 Å². The molecule has 0 amide bonds. The number of pyridine rings is 1. The second-order valence-corrected chi connectivity index (χ2v) is 7.57. The number of hydrogen-bond donors (Lipinski definition) is 2. The van der Waals surface area contributed by atoms with Crippen LogP contribution < -0.4 is 0 Å². The van der Waals surface area contributed by atoms with Crippen molar-refractivity contribution in [2.24, 2.45) is 0 Å². The van der Waals surface area contributed by atoms with Crippen LogP contribution >= 0.6 is 0 Å². The Morgan fingerprint density at radius 2 is 1.82 bits per heavy atom. The van der Waals surface area contributed by atoms with Crippen molar-refractivity contribution < 1.29 is 23.1 Å². The summed E-state index contributed by atoms with van der Waals surface area (Å²) < 4.78 is 41.5. The lowest BCUT2D eigenvalue weighted by Crippen LogP contribution is -2.12. The number of rotatable bonds is 6. The molecule has 2 aromatic heterocycles. The average molecular weight is 463 g/mol. The summed E-state index contributed by atoms with van der Waals surface area (Å²) in [7, 11) is 0. The maximum absolute atomic E-state index is 13.8. The number of allylic oxidation sites excluding steroid dienone is 1. The third kappa shape index (κ3) is 4.76. The molecule has 0 unspecified atom stereocenters. The summed E-state index contributed by atoms with van der Waals surface area (Å²) in [6.45, 7) is 1.81. The SMILES string of the molecule is CCC(=C(c1ccc(C=CC(=O)O)cc1)c1ccc2[nH]ncc2c1)c1cccnc1C(F)(F)F. The lowest BCUT2D eigenvalue weighted by molar-refractivity contribution is -0.141. The van der Waals surface area contributed by atoms with Gasteiger partial charge in [0.25, 0.3) is 0 Å². The van der Waals surface area contributed by atoms with Gasteiger partial charge in [-0.1, -0.05) is 43.3 Å². The maximum Gasteiger partial charge on any atom is 0.433 e. The first kappa shape index (κ1) is 23.0. The highest BCUT2D eigenvalue weighted by Crippen LogP contribution is 2.40. The first-order valence-electron chi connectivity index (χ1n) is 10.5. The Hall–Kier alpha value is -4.20. The fraction of sp³-hybridized carbons (Fsp3) is 0.115. The molecule has 2 heterocycles. The van der Waals surface area contributed by atoms with E-state index < -0.39 is 17.8 Å². The van der Waals surface area contributed by atoms with Gasteiger partial charge in [-0.15, -0.1) is 0 Å². The molecule has 0 aliphatic rings. The quantitative estimate of drug-likeness (QED) is 0.323. The largest absolute Gasteiger partial charge is 0.478 e. The molecular formula is C26H20F3N3O2. The zero-order chi connectivity index (χ0) is 24.3. The zero-order valence-corrected chi connectivity index (χ0v) is 18.1. The van der Waals surface area contributed by atoms with Gasteiger partial charge in [-0.3, -0.25) is 10.1 Å². The van der Waals surface area contributed by atoms with Gasteiger partial charge in [0.1, 0.15) is 0 Å². The van der Waals surface area contributed by atoms with E-state index in [1.54, 1.807) is 30.5 Å². The molecule has 0 aliphatic heterocycles. The number of halogens is 3. The third-order valence-corrected chi connectivity index (χ3v) is 5.40. The van der Waals surface area contributed by atoms with Crippen LogP contribution in [0.5, 0.6) is 0 Å². The lowest BCUT2D eigenvalue weighted by atomic mass is 9.87. The Balaban J connectivity index is 1.97. The van der Waals surface area contributed by atoms with Crippen LogP contribution in [0.4, 0.5) is 13.2 Å². The summed E-state index contributed by atoms with van der Waals surface area (Å²) in [6.07, 6.45) is 1.00. The van der Waals surface area contributed by atoms with Crippen LogP contribution in [0.1, 0.15) is 41.3 Å². The molecule has 0 atom stereocenters. The number of H-pyrrole nitrogens is 1. The number of aromatic amines is 1. The van der Waals surface area contributed by atoms with Gasteiger partial charge in [-0.05, 0) is 58.5 Å². The van der Waals surface area contributed by atoms with Gasteiger partial charge in [0.15, 0.2) is 5.69 Å². The molecule has 0 fully saturated rings. The van der Waals surface area contributed by atoms with Crippen LogP contribution in [0.15, 0.2) is 73.1 Å². The number of carboxylic acids is 1. The number of carboxylic acid groups (broad SMARTS) is 1. The smallest absolute Gasteiger partial charge is 0.433 e. The van der Waals surface area contributed by atoms with Crippen molar-refractivity contribution in [3.8, 4) is 0 Å². The van der Waals surface area contributed by atoms with Crippen LogP contribution in [-0.4, -0.2) is 26.3 Å². The summed E-state index contributed by atoms with van der Waals surface area (Å²) in [5.41, 5.74) is 3.12. The van der Waals surface area contributed by atoms with Crippen molar-refractivity contribution in [2.45, 2.75) is 19.5 Å². The Labute approximate surface area is 193 Å². The Morgan fingerprint density at radius 3 is 2.50 bits per heavy atom. The number of hydrogen-bond acceptors (Lipinski definition) is 3. The summed E-state index contributed by atoms with van der Waals surface area (Å²) >= 11 is 0. The number of carbonyl (C=O) groups is 1. The molecule has 2 aromatic carbocycles. The van der Waals surface area contributed by atoms with E-state index in [4.69, 9.17) is 5.11 Å². The number of aromatic nitrogens is 3. The molecule has 0 aliphatic carbocycles. The predicted octanol–water partition coefficient (Wildman–Crippen LogP) is 6.44. The fourth-order valence-electron chi connectivity index (χ4n) is 3.92. The topological polar surface area (TPSA) is 78.9 Å². The van der Waals surface area contributed by atoms with Crippen molar-refractivity contribution in [2.75, 3.05) is 0 Å². The van der Waals surface area contributed by atoms with Gasteiger partial charge < -0.3 is 5.11 Å². The van der Waals surface area contributed by atoms with Crippen LogP contribution in [0.3, 0.4) is 0 Å². The number of nitrogens with one attached hydrogen (secondary N) is 1. The molecule has 8 heteroatoms. The Morgan fingerprint density at radius 1 is 1.09 bits per heavy atom. The molecule has 5 nitrogen and oxygen atoms in total. The number of aliphatic carboxylic acids is 1. The molecule has 0 saturated heterocycles. The number of fused-ring (bicyclic) bond motifs is 1. The van der Waals surface area contributed by atoms with E-state index in [0.717, 1.165) is 28.7 Å². The minimum absolute atomic E-state index is 0.0228. The molecule has 0 saturated carbocycles. The van der Waals surface area contributed by atoms with E-state index >= 15 is 0 Å². The van der Waals surface area contributed by atoms with E-state index in [1.807, 2.05) is 25.1 Å². The van der Waals surface area contributed by atoms with E-state index in [2.05, 4.69) is 15.2 Å². The minimum Gasteiger partial charge on any atom is -0.478 e. The van der Waals surface area contributed by atoms with E-state index in [9.17, 15) is 18.0 Å². The molecule has 34 heavy (non-hydrogen) atoms. The summed E-state index contributed by atoms with van der Waals surface area (Å²) in [6, 6.07) is 15.5. The highest BCUT2D eigenvalue weighted by atomic mass is 19.4. The summed E-state index contributed by atoms with van der Waals surface area (Å²) in [5.74, 6) is -1.07. The second kappa shape index (κ2) is 9.35. The number of benzene rings is 2. The van der Waals surface area contributed by atoms with Crippen molar-refractivity contribution in [3.63, 3.8) is 0 Å². The van der Waals surface area contributed by atoms with Gasteiger partial charge in [-0.2, -0.15) is 18.3 Å². The van der Waals surface area contributed by atoms with Crippen LogP contribution in [-0.2, 0) is 11.0 Å². The van der Waals surface area contributed by atoms with Crippen molar-refractivity contribution in [3.05, 3.63) is 101 Å². The van der Waals surface area contributed by atoms with Gasteiger partial charge >= 0.3 is 12.1 Å². The maximum atomic E-state index is 13.8. The minimum atomic E-state index is -4.61. The monoisotopic (exact) mass is 463 g/mol. The molecular weight excluding hydrogens is 443 g/mol. The normalized spacial score (nSPS) is 12.8. The number of alkyl halides is 3. The Bertz CT molecular complexity index is 1400. The molecule has 0 bridgehead atoms. The van der Waals surface area contributed by atoms with Crippen molar-refractivity contribution in [1.29, 1.82) is 0 Å². The predicted molar refractivity (Wildman–Crippen MR) is 125 cm³/mol. The van der Waals surface area contributed by atoms with E-state index in [0.29, 0.717) is 28.7 Å². The fourth-order valence-corrected chi connectivity index (χ4v) is 3.92. The summed E-state index contributed by atoms with van der Waals surface area (Å²) in [5, 5.41) is 16.6. The lowest BCUT2D eigenvalue weighted by Gasteiger charge is -2.19. The summed E-state index contributed by atoms with van der Waals surface area (Å²) in [4.78, 5) is 14.5. The molecule has 0 radical (unpaired) electrons. The Kier molecular flexibility index (Phi) is 6.32. The highest BCUT2D eigenvalue weighted by Gasteiger charge is 2.36. The van der Waals surface area contributed by atoms with Gasteiger partial charge in [0.05, 0.1) is 11.7 Å². The van der Waals surface area contributed by atoms with Crippen LogP contribution in [0, 0.1) is 0 Å². The number of nitrogens with zero attached hydrogens (tertiary/aromatic N) is 2. The van der Waals surface area contributed by atoms with Gasteiger partial charge in [0, 0.05) is 23.2 Å². The standard InChI is InChI=1S/C26H20F3N3O2/c1-2-20(21-4-3-13-30-25(21)26(27,28)29)24(18-10-11-22-19(14-18)15-31-32-22)17-8-5-16(6-9-17)7-12-23(33)34/h3-15H,2H2,1H3,(H,31,32)(H,33,34). The molecule has 0 spiro atoms. The van der Waals surface area contributed by atoms with Gasteiger partial charge in [0.2, 0.25) is 0 Å². The average Bonchev–Trinajstić information content (AvgIpc) is 3.29. The zero-order valence-electron chi connectivity index (χ0n) is 18.1. The van der Waals surface area contributed by atoms with Crippen LogP contribution in [0.25, 0.3) is 28.1 Å². The highest BCUT2D eigenvalue weighted by molar-refractivity contribution is 6.01. The first-order valence-corrected chi connectivity index (χ1v) is 10.5. The molecule has 4 rings (SSSR count). The molecule has 2 N–H and O–H groups in total. The third-order valence-electron chi connectivity index (χ3n) is 5.40. The van der Waals surface area contributed by atoms with Crippen LogP contribution in [0.2, 0.25) is 0 Å². The van der Waals surface area contributed by atoms with E-state index in [-0.39, 0.29) is 5.56 Å². The molecule has 4 aromatic rings. The van der Waals surface area contributed by atoms with Gasteiger partial charge in [-0.25, -0.2) is 4.79 Å². The molecule has 172 valence electrons. The van der Waals surface area contributed by atoms with Crippen molar-refractivity contribution >= 4 is 34.1 Å². The second-order valence-electron chi connectivity index (χ2n) is 7.57. The first-order chi connectivity index (χ1) is 16.3.